The molecule has 0 radical (unpaired) electrons. The minimum absolute atomic E-state index is 0.249. The largest absolute Gasteiger partial charge is 0.257 e. The zero-order valence-electron chi connectivity index (χ0n) is 13.4. The molecule has 0 aliphatic heterocycles. The van der Waals surface area contributed by atoms with Crippen LogP contribution in [0.15, 0.2) is 85.3 Å². The van der Waals surface area contributed by atoms with Crippen LogP contribution < -0.4 is 0 Å². The maximum atomic E-state index is 4.65. The second-order valence-electron chi connectivity index (χ2n) is 5.92. The topological polar surface area (TPSA) is 48.5 Å². The van der Waals surface area contributed by atoms with E-state index in [4.69, 9.17) is 0 Å². The van der Waals surface area contributed by atoms with Crippen molar-refractivity contribution >= 4 is 21.8 Å². The minimum atomic E-state index is -0.249. The molecule has 5 aromatic rings. The van der Waals surface area contributed by atoms with Crippen LogP contribution in [0.2, 0.25) is 0 Å². The molecule has 3 heterocycles. The van der Waals surface area contributed by atoms with Crippen molar-refractivity contribution < 1.29 is 0 Å². The molecule has 120 valence electrons. The second-order valence-corrected chi connectivity index (χ2v) is 5.92. The zero-order chi connectivity index (χ0) is 16.6. The predicted octanol–water partition coefficient (Wildman–Crippen LogP) is 3.88. The first kappa shape index (κ1) is 13.9. The van der Waals surface area contributed by atoms with Crippen molar-refractivity contribution in [2.24, 2.45) is 0 Å². The lowest BCUT2D eigenvalue weighted by molar-refractivity contribution is 0.432. The summed E-state index contributed by atoms with van der Waals surface area (Å²) in [6.07, 6.45) is 5.33. The van der Waals surface area contributed by atoms with Crippen LogP contribution >= 0.6 is 0 Å². The van der Waals surface area contributed by atoms with Crippen LogP contribution in [0.25, 0.3) is 21.8 Å². The highest BCUT2D eigenvalue weighted by atomic mass is 15.5. The minimum Gasteiger partial charge on any atom is -0.257 e. The van der Waals surface area contributed by atoms with E-state index in [0.717, 1.165) is 27.5 Å². The highest BCUT2D eigenvalue weighted by molar-refractivity contribution is 5.80. The summed E-state index contributed by atoms with van der Waals surface area (Å²) in [5.74, 6) is 0. The first-order chi connectivity index (χ1) is 12.4. The number of benzene rings is 2. The van der Waals surface area contributed by atoms with E-state index in [9.17, 15) is 0 Å². The Kier molecular flexibility index (Phi) is 3.10. The fourth-order valence-corrected chi connectivity index (χ4v) is 3.26. The Balaban J connectivity index is 1.81. The van der Waals surface area contributed by atoms with Crippen molar-refractivity contribution in [3.63, 3.8) is 0 Å². The van der Waals surface area contributed by atoms with E-state index in [1.54, 1.807) is 6.20 Å². The Bertz CT molecular complexity index is 1080. The van der Waals surface area contributed by atoms with Gasteiger partial charge in [-0.25, -0.2) is 9.36 Å². The first-order valence-corrected chi connectivity index (χ1v) is 8.17. The summed E-state index contributed by atoms with van der Waals surface area (Å²) in [4.78, 5) is 4.58. The van der Waals surface area contributed by atoms with E-state index in [2.05, 4.69) is 39.4 Å². The number of hydrogen-bond acceptors (Lipinski definition) is 3. The van der Waals surface area contributed by atoms with Gasteiger partial charge in [-0.05, 0) is 24.3 Å². The van der Waals surface area contributed by atoms with Crippen LogP contribution in [0.4, 0.5) is 0 Å². The quantitative estimate of drug-likeness (QED) is 0.506. The second kappa shape index (κ2) is 5.56. The van der Waals surface area contributed by atoms with E-state index >= 15 is 0 Å². The van der Waals surface area contributed by atoms with Crippen molar-refractivity contribution in [2.45, 2.75) is 6.17 Å². The Hall–Kier alpha value is -3.47. The number of fused-ring (bicyclic) bond motifs is 2. The average molecular weight is 325 g/mol. The van der Waals surface area contributed by atoms with Crippen LogP contribution in [0.1, 0.15) is 11.9 Å². The molecule has 0 aliphatic rings. The van der Waals surface area contributed by atoms with Crippen LogP contribution in [-0.2, 0) is 0 Å². The summed E-state index contributed by atoms with van der Waals surface area (Å²) in [5, 5.41) is 11.5. The van der Waals surface area contributed by atoms with Crippen molar-refractivity contribution in [3.8, 4) is 0 Å². The van der Waals surface area contributed by atoms with E-state index in [1.165, 1.54) is 0 Å². The summed E-state index contributed by atoms with van der Waals surface area (Å²) >= 11 is 0. The molecule has 5 nitrogen and oxygen atoms in total. The standard InChI is InChI=1S/C20H15N5/c1-3-10-18-15(7-1)13-22-24(18)20(17-9-5-6-12-21-17)25-19-11-4-2-8-16(19)14-23-25/h1-14,20H. The molecular weight excluding hydrogens is 310 g/mol. The molecule has 25 heavy (non-hydrogen) atoms. The molecule has 5 heteroatoms. The molecule has 0 unspecified atom stereocenters. The maximum Gasteiger partial charge on any atom is 0.186 e. The normalized spacial score (nSPS) is 11.6. The number of aromatic nitrogens is 5. The van der Waals surface area contributed by atoms with Crippen LogP contribution in [0.3, 0.4) is 0 Å². The predicted molar refractivity (Wildman–Crippen MR) is 97.2 cm³/mol. The first-order valence-electron chi connectivity index (χ1n) is 8.17. The number of para-hydroxylation sites is 2. The smallest absolute Gasteiger partial charge is 0.186 e. The molecule has 3 aromatic heterocycles. The van der Waals surface area contributed by atoms with Crippen LogP contribution in [0.5, 0.6) is 0 Å². The van der Waals surface area contributed by atoms with E-state index in [1.807, 2.05) is 64.2 Å². The van der Waals surface area contributed by atoms with Crippen molar-refractivity contribution in [1.29, 1.82) is 0 Å². The van der Waals surface area contributed by atoms with Crippen molar-refractivity contribution in [1.82, 2.24) is 24.5 Å². The van der Waals surface area contributed by atoms with Gasteiger partial charge in [0, 0.05) is 17.0 Å². The molecule has 0 amide bonds. The van der Waals surface area contributed by atoms with Gasteiger partial charge in [0.2, 0.25) is 0 Å². The Labute approximate surface area is 144 Å². The van der Waals surface area contributed by atoms with Crippen LogP contribution in [0, 0.1) is 0 Å². The van der Waals surface area contributed by atoms with Crippen molar-refractivity contribution in [2.75, 3.05) is 0 Å². The number of hydrogen-bond donors (Lipinski definition) is 0. The third kappa shape index (κ3) is 2.21. The molecule has 2 aromatic carbocycles. The van der Waals surface area contributed by atoms with Gasteiger partial charge in [0.1, 0.15) is 0 Å². The molecule has 0 saturated carbocycles. The number of pyridine rings is 1. The van der Waals surface area contributed by atoms with Gasteiger partial charge in [0.25, 0.3) is 0 Å². The van der Waals surface area contributed by atoms with E-state index in [-0.39, 0.29) is 6.17 Å². The van der Waals surface area contributed by atoms with Gasteiger partial charge in [-0.1, -0.05) is 42.5 Å². The van der Waals surface area contributed by atoms with Gasteiger partial charge in [0.15, 0.2) is 6.17 Å². The fraction of sp³-hybridized carbons (Fsp3) is 0.0500. The highest BCUT2D eigenvalue weighted by Crippen LogP contribution is 2.26. The monoisotopic (exact) mass is 325 g/mol. The summed E-state index contributed by atoms with van der Waals surface area (Å²) < 4.78 is 3.97. The molecule has 0 bridgehead atoms. The van der Waals surface area contributed by atoms with Crippen LogP contribution in [-0.4, -0.2) is 24.5 Å². The number of nitrogens with zero attached hydrogens (tertiary/aromatic N) is 5. The lowest BCUT2D eigenvalue weighted by Gasteiger charge is -2.20. The van der Waals surface area contributed by atoms with Gasteiger partial charge in [-0.3, -0.25) is 4.98 Å². The third-order valence-electron chi connectivity index (χ3n) is 4.43. The lowest BCUT2D eigenvalue weighted by atomic mass is 10.2. The lowest BCUT2D eigenvalue weighted by Crippen LogP contribution is -2.22. The van der Waals surface area contributed by atoms with Gasteiger partial charge < -0.3 is 0 Å². The zero-order valence-corrected chi connectivity index (χ0v) is 13.4. The summed E-state index contributed by atoms with van der Waals surface area (Å²) in [6, 6.07) is 22.3. The molecule has 0 saturated heterocycles. The SMILES string of the molecule is c1ccc(C(n2ncc3ccccc32)n2ncc3ccccc32)nc1. The molecule has 0 spiro atoms. The summed E-state index contributed by atoms with van der Waals surface area (Å²) in [5.41, 5.74) is 3.00. The van der Waals surface area contributed by atoms with E-state index in [0.29, 0.717) is 0 Å². The van der Waals surface area contributed by atoms with Gasteiger partial charge in [-0.15, -0.1) is 0 Å². The Morgan fingerprint density at radius 3 is 1.76 bits per heavy atom. The molecule has 0 atom stereocenters. The van der Waals surface area contributed by atoms with Gasteiger partial charge in [0.05, 0.1) is 29.1 Å². The fourth-order valence-electron chi connectivity index (χ4n) is 3.26. The summed E-state index contributed by atoms with van der Waals surface area (Å²) in [7, 11) is 0. The van der Waals surface area contributed by atoms with Gasteiger partial charge >= 0.3 is 0 Å². The van der Waals surface area contributed by atoms with E-state index < -0.39 is 0 Å². The molecular formula is C20H15N5. The maximum absolute atomic E-state index is 4.65. The Morgan fingerprint density at radius 1 is 0.640 bits per heavy atom. The molecule has 5 rings (SSSR count). The third-order valence-corrected chi connectivity index (χ3v) is 4.43. The highest BCUT2D eigenvalue weighted by Gasteiger charge is 2.22. The number of rotatable bonds is 3. The average Bonchev–Trinajstić information content (AvgIpc) is 3.29. The molecule has 0 fully saturated rings. The van der Waals surface area contributed by atoms with Crippen molar-refractivity contribution in [3.05, 3.63) is 91.0 Å². The Morgan fingerprint density at radius 2 is 1.20 bits per heavy atom. The summed E-state index contributed by atoms with van der Waals surface area (Å²) in [6.45, 7) is 0. The molecule has 0 N–H and O–H groups in total. The van der Waals surface area contributed by atoms with Gasteiger partial charge in [-0.2, -0.15) is 10.2 Å². The molecule has 0 aliphatic carbocycles.